The van der Waals surface area contributed by atoms with Gasteiger partial charge in [0.2, 0.25) is 11.8 Å². The summed E-state index contributed by atoms with van der Waals surface area (Å²) in [6.07, 6.45) is 0.399. The van der Waals surface area contributed by atoms with Crippen molar-refractivity contribution in [1.82, 2.24) is 20.4 Å². The van der Waals surface area contributed by atoms with Crippen molar-refractivity contribution in [1.29, 1.82) is 0 Å². The molecule has 12 heteroatoms. The first-order valence-electron chi connectivity index (χ1n) is 12.4. The monoisotopic (exact) mass is 545 g/mol. The molecule has 1 aromatic heterocycles. The molecule has 0 spiro atoms. The van der Waals surface area contributed by atoms with Gasteiger partial charge in [0, 0.05) is 30.3 Å². The van der Waals surface area contributed by atoms with Gasteiger partial charge in [0.25, 0.3) is 5.91 Å². The Morgan fingerprint density at radius 3 is 2.67 bits per heavy atom. The van der Waals surface area contributed by atoms with Crippen LogP contribution in [0.4, 0.5) is 11.5 Å². The van der Waals surface area contributed by atoms with Crippen molar-refractivity contribution < 1.29 is 19.1 Å². The number of anilines is 1. The smallest absolute Gasteiger partial charge is 0.259 e. The highest BCUT2D eigenvalue weighted by molar-refractivity contribution is 8.14. The van der Waals surface area contributed by atoms with E-state index in [0.29, 0.717) is 29.1 Å². The number of carbonyl (C=O) groups is 3. The van der Waals surface area contributed by atoms with Gasteiger partial charge in [0.1, 0.15) is 17.6 Å². The molecule has 0 aliphatic carbocycles. The summed E-state index contributed by atoms with van der Waals surface area (Å²) >= 11 is 1.15. The average molecular weight is 546 g/mol. The van der Waals surface area contributed by atoms with Gasteiger partial charge in [-0.2, -0.15) is 5.10 Å². The number of hydrogen-bond acceptors (Lipinski definition) is 8. The molecule has 3 heterocycles. The summed E-state index contributed by atoms with van der Waals surface area (Å²) in [7, 11) is 1.60. The zero-order chi connectivity index (χ0) is 27.4. The maximum atomic E-state index is 13.4. The number of ether oxygens (including phenoxy) is 1. The minimum atomic E-state index is -0.718. The molecular formula is C27H27N7O4S. The summed E-state index contributed by atoms with van der Waals surface area (Å²) < 4.78 is 5.15. The molecule has 2 aliphatic heterocycles. The second kappa shape index (κ2) is 11.5. The average Bonchev–Trinajstić information content (AvgIpc) is 3.51. The number of nitrogens with one attached hydrogen (secondary N) is 3. The molecule has 0 fully saturated rings. The van der Waals surface area contributed by atoms with Crippen molar-refractivity contribution in [3.8, 4) is 5.75 Å². The summed E-state index contributed by atoms with van der Waals surface area (Å²) in [5.74, 6) is 0.982. The van der Waals surface area contributed by atoms with E-state index in [-0.39, 0.29) is 36.3 Å². The normalized spacial score (nSPS) is 15.7. The SMILES string of the molecule is COc1ccc(CNC(=O)CCC2N=C3c4ccccc4N=C(SCC(=O)Nc4cc(C)[nH]n4)N3C2=O)cc1. The van der Waals surface area contributed by atoms with E-state index in [1.165, 1.54) is 4.90 Å². The van der Waals surface area contributed by atoms with Crippen LogP contribution in [0.25, 0.3) is 0 Å². The third kappa shape index (κ3) is 6.01. The predicted molar refractivity (Wildman–Crippen MR) is 149 cm³/mol. The van der Waals surface area contributed by atoms with Gasteiger partial charge in [-0.25, -0.2) is 9.89 Å². The molecule has 11 nitrogen and oxygen atoms in total. The molecule has 5 rings (SSSR count). The highest BCUT2D eigenvalue weighted by Gasteiger charge is 2.41. The van der Waals surface area contributed by atoms with Crippen molar-refractivity contribution in [3.05, 3.63) is 71.4 Å². The number of aromatic nitrogens is 2. The Balaban J connectivity index is 1.22. The zero-order valence-electron chi connectivity index (χ0n) is 21.4. The van der Waals surface area contributed by atoms with Crippen LogP contribution < -0.4 is 15.4 Å². The number of H-pyrrole nitrogens is 1. The number of rotatable bonds is 9. The van der Waals surface area contributed by atoms with E-state index in [0.717, 1.165) is 34.3 Å². The maximum Gasteiger partial charge on any atom is 0.259 e. The highest BCUT2D eigenvalue weighted by Crippen LogP contribution is 2.34. The first-order valence-corrected chi connectivity index (χ1v) is 13.3. The third-order valence-corrected chi connectivity index (χ3v) is 7.09. The van der Waals surface area contributed by atoms with Crippen LogP contribution in [0.1, 0.15) is 29.7 Å². The largest absolute Gasteiger partial charge is 0.497 e. The minimum absolute atomic E-state index is 0.0302. The van der Waals surface area contributed by atoms with Crippen LogP contribution in [0.3, 0.4) is 0 Å². The van der Waals surface area contributed by atoms with Crippen molar-refractivity contribution in [2.45, 2.75) is 32.4 Å². The predicted octanol–water partition coefficient (Wildman–Crippen LogP) is 3.15. The summed E-state index contributed by atoms with van der Waals surface area (Å²) in [6.45, 7) is 2.22. The Morgan fingerprint density at radius 1 is 1.13 bits per heavy atom. The summed E-state index contributed by atoms with van der Waals surface area (Å²) in [5, 5.41) is 12.8. The first-order chi connectivity index (χ1) is 18.9. The van der Waals surface area contributed by atoms with Gasteiger partial charge in [-0.3, -0.25) is 24.5 Å². The van der Waals surface area contributed by atoms with Crippen LogP contribution >= 0.6 is 11.8 Å². The molecule has 0 saturated heterocycles. The molecule has 0 bridgehead atoms. The molecule has 0 radical (unpaired) electrons. The summed E-state index contributed by atoms with van der Waals surface area (Å²) in [5.41, 5.74) is 3.18. The molecule has 39 heavy (non-hydrogen) atoms. The molecule has 0 saturated carbocycles. The molecule has 200 valence electrons. The van der Waals surface area contributed by atoms with Crippen molar-refractivity contribution >= 4 is 52.0 Å². The van der Waals surface area contributed by atoms with E-state index in [1.54, 1.807) is 13.2 Å². The molecular weight excluding hydrogens is 518 g/mol. The van der Waals surface area contributed by atoms with Crippen LogP contribution in [-0.2, 0) is 20.9 Å². The Morgan fingerprint density at radius 2 is 1.92 bits per heavy atom. The molecule has 3 aromatic rings. The van der Waals surface area contributed by atoms with Crippen LogP contribution in [0.5, 0.6) is 5.75 Å². The quantitative estimate of drug-likeness (QED) is 0.377. The number of nitrogens with zero attached hydrogens (tertiary/aromatic N) is 4. The molecule has 3 N–H and O–H groups in total. The fraction of sp³-hybridized carbons (Fsp3) is 0.259. The lowest BCUT2D eigenvalue weighted by Gasteiger charge is -2.25. The van der Waals surface area contributed by atoms with E-state index in [4.69, 9.17) is 4.74 Å². The lowest BCUT2D eigenvalue weighted by molar-refractivity contribution is -0.125. The van der Waals surface area contributed by atoms with Crippen LogP contribution in [0, 0.1) is 6.92 Å². The van der Waals surface area contributed by atoms with Crippen molar-refractivity contribution in [2.75, 3.05) is 18.2 Å². The van der Waals surface area contributed by atoms with Gasteiger partial charge < -0.3 is 15.4 Å². The Kier molecular flexibility index (Phi) is 7.73. The zero-order valence-corrected chi connectivity index (χ0v) is 22.2. The minimum Gasteiger partial charge on any atom is -0.497 e. The van der Waals surface area contributed by atoms with Crippen molar-refractivity contribution in [3.63, 3.8) is 0 Å². The van der Waals surface area contributed by atoms with Crippen molar-refractivity contribution in [2.24, 2.45) is 9.98 Å². The molecule has 2 aromatic carbocycles. The topological polar surface area (TPSA) is 141 Å². The van der Waals surface area contributed by atoms with E-state index < -0.39 is 6.04 Å². The third-order valence-electron chi connectivity index (χ3n) is 6.15. The number of aromatic amines is 1. The molecule has 1 unspecified atom stereocenters. The summed E-state index contributed by atoms with van der Waals surface area (Å²) in [4.78, 5) is 49.2. The van der Waals surface area contributed by atoms with E-state index in [1.807, 2.05) is 55.5 Å². The lowest BCUT2D eigenvalue weighted by atomic mass is 10.1. The number of aliphatic imine (C=N–C) groups is 2. The standard InChI is InChI=1S/C27H27N7O4S/c1-16-13-22(33-32-16)31-24(36)15-39-27-30-20-6-4-3-5-19(20)25-29-21(26(37)34(25)27)11-12-23(35)28-14-17-7-9-18(38-2)10-8-17/h3-10,13,21H,11-12,14-15H2,1-2H3,(H,28,35)(H2,31,32,33,36). The number of benzene rings is 2. The summed E-state index contributed by atoms with van der Waals surface area (Å²) in [6, 6.07) is 15.9. The molecule has 3 amide bonds. The first kappa shape index (κ1) is 26.2. The van der Waals surface area contributed by atoms with Gasteiger partial charge >= 0.3 is 0 Å². The van der Waals surface area contributed by atoms with Crippen LogP contribution in [-0.4, -0.2) is 62.7 Å². The van der Waals surface area contributed by atoms with Gasteiger partial charge in [-0.05, 0) is 43.2 Å². The molecule has 1 atom stereocenters. The fourth-order valence-corrected chi connectivity index (χ4v) is 4.98. The number of para-hydroxylation sites is 1. The number of thioether (sulfide) groups is 1. The van der Waals surface area contributed by atoms with Crippen LogP contribution in [0.15, 0.2) is 64.6 Å². The molecule has 2 aliphatic rings. The second-order valence-corrected chi connectivity index (χ2v) is 9.93. The van der Waals surface area contributed by atoms with Crippen LogP contribution in [0.2, 0.25) is 0 Å². The highest BCUT2D eigenvalue weighted by atomic mass is 32.2. The van der Waals surface area contributed by atoms with Gasteiger partial charge in [0.05, 0.1) is 18.6 Å². The number of fused-ring (bicyclic) bond motifs is 3. The van der Waals surface area contributed by atoms with E-state index in [2.05, 4.69) is 30.8 Å². The van der Waals surface area contributed by atoms with Gasteiger partial charge in [-0.15, -0.1) is 0 Å². The number of methoxy groups -OCH3 is 1. The number of aryl methyl sites for hydroxylation is 1. The second-order valence-electron chi connectivity index (χ2n) is 8.99. The Hall–Kier alpha value is -4.45. The number of carbonyl (C=O) groups excluding carboxylic acids is 3. The number of amidine groups is 2. The number of hydrogen-bond donors (Lipinski definition) is 3. The maximum absolute atomic E-state index is 13.4. The van der Waals surface area contributed by atoms with E-state index >= 15 is 0 Å². The van der Waals surface area contributed by atoms with E-state index in [9.17, 15) is 14.4 Å². The Labute approximate surface area is 229 Å². The van der Waals surface area contributed by atoms with Gasteiger partial charge in [-0.1, -0.05) is 36.0 Å². The Bertz CT molecular complexity index is 1460. The van der Waals surface area contributed by atoms with Gasteiger partial charge in [0.15, 0.2) is 11.0 Å². The fourth-order valence-electron chi connectivity index (χ4n) is 4.18. The lowest BCUT2D eigenvalue weighted by Crippen LogP contribution is -2.41. The number of amides is 3.